The quantitative estimate of drug-likeness (QED) is 0.890. The van der Waals surface area contributed by atoms with Crippen LogP contribution in [0.15, 0.2) is 18.5 Å². The van der Waals surface area contributed by atoms with Gasteiger partial charge in [0.05, 0.1) is 11.9 Å². The summed E-state index contributed by atoms with van der Waals surface area (Å²) in [6.45, 7) is 3.09. The zero-order valence-electron chi connectivity index (χ0n) is 12.7. The highest BCUT2D eigenvalue weighted by Crippen LogP contribution is 2.27. The van der Waals surface area contributed by atoms with E-state index in [1.165, 1.54) is 6.20 Å². The van der Waals surface area contributed by atoms with Crippen molar-refractivity contribution in [3.63, 3.8) is 0 Å². The second-order valence-electron chi connectivity index (χ2n) is 5.55. The molecule has 7 heteroatoms. The fraction of sp³-hybridized carbons (Fsp3) is 0.467. The van der Waals surface area contributed by atoms with Gasteiger partial charge in [0.25, 0.3) is 5.91 Å². The van der Waals surface area contributed by atoms with E-state index in [1.54, 1.807) is 24.7 Å². The van der Waals surface area contributed by atoms with Crippen molar-refractivity contribution in [1.29, 1.82) is 0 Å². The van der Waals surface area contributed by atoms with Crippen molar-refractivity contribution in [2.24, 2.45) is 0 Å². The SMILES string of the molecule is CNC(=O)c1cnn2c([C@@H]3CCCN(C(C)=O)C3)ccnc12. The molecule has 3 heterocycles. The van der Waals surface area contributed by atoms with E-state index in [1.807, 2.05) is 11.0 Å². The molecule has 1 saturated heterocycles. The summed E-state index contributed by atoms with van der Waals surface area (Å²) in [5.41, 5.74) is 2.01. The molecule has 1 N–H and O–H groups in total. The molecule has 0 aliphatic carbocycles. The first kappa shape index (κ1) is 14.5. The maximum absolute atomic E-state index is 11.9. The van der Waals surface area contributed by atoms with E-state index in [9.17, 15) is 9.59 Å². The van der Waals surface area contributed by atoms with Crippen LogP contribution in [0.4, 0.5) is 0 Å². The van der Waals surface area contributed by atoms with Crippen molar-refractivity contribution >= 4 is 17.5 Å². The topological polar surface area (TPSA) is 79.6 Å². The van der Waals surface area contributed by atoms with Gasteiger partial charge in [0.1, 0.15) is 5.56 Å². The van der Waals surface area contributed by atoms with Crippen LogP contribution >= 0.6 is 0 Å². The summed E-state index contributed by atoms with van der Waals surface area (Å²) in [6.07, 6.45) is 5.21. The van der Waals surface area contributed by atoms with Crippen LogP contribution in [0, 0.1) is 0 Å². The van der Waals surface area contributed by atoms with Crippen LogP contribution in [0.1, 0.15) is 41.7 Å². The molecule has 116 valence electrons. The maximum atomic E-state index is 11.9. The van der Waals surface area contributed by atoms with Crippen molar-refractivity contribution < 1.29 is 9.59 Å². The number of fused-ring (bicyclic) bond motifs is 1. The van der Waals surface area contributed by atoms with Crippen LogP contribution in [0.25, 0.3) is 5.65 Å². The highest BCUT2D eigenvalue weighted by atomic mass is 16.2. The molecule has 22 heavy (non-hydrogen) atoms. The number of carbonyl (C=O) groups excluding carboxylic acids is 2. The molecule has 0 unspecified atom stereocenters. The fourth-order valence-corrected chi connectivity index (χ4v) is 3.02. The minimum absolute atomic E-state index is 0.0986. The highest BCUT2D eigenvalue weighted by Gasteiger charge is 2.26. The molecule has 1 aliphatic rings. The summed E-state index contributed by atoms with van der Waals surface area (Å²) < 4.78 is 1.72. The van der Waals surface area contributed by atoms with Crippen molar-refractivity contribution in [1.82, 2.24) is 24.8 Å². The predicted molar refractivity (Wildman–Crippen MR) is 80.6 cm³/mol. The molecule has 0 aromatic carbocycles. The number of rotatable bonds is 2. The average Bonchev–Trinajstić information content (AvgIpc) is 2.98. The maximum Gasteiger partial charge on any atom is 0.256 e. The number of hydrogen-bond acceptors (Lipinski definition) is 4. The Morgan fingerprint density at radius 1 is 1.41 bits per heavy atom. The second kappa shape index (κ2) is 5.75. The van der Waals surface area contributed by atoms with Gasteiger partial charge in [-0.1, -0.05) is 0 Å². The molecule has 2 amide bonds. The molecule has 1 atom stereocenters. The van der Waals surface area contributed by atoms with E-state index in [2.05, 4.69) is 15.4 Å². The van der Waals surface area contributed by atoms with E-state index in [0.29, 0.717) is 17.8 Å². The third kappa shape index (κ3) is 2.43. The molecule has 1 fully saturated rings. The molecular weight excluding hydrogens is 282 g/mol. The van der Waals surface area contributed by atoms with Crippen LogP contribution < -0.4 is 5.32 Å². The van der Waals surface area contributed by atoms with Gasteiger partial charge in [0, 0.05) is 39.2 Å². The van der Waals surface area contributed by atoms with Gasteiger partial charge in [-0.3, -0.25) is 9.59 Å². The van der Waals surface area contributed by atoms with E-state index in [0.717, 1.165) is 25.1 Å². The van der Waals surface area contributed by atoms with Crippen LogP contribution in [-0.4, -0.2) is 51.4 Å². The van der Waals surface area contributed by atoms with Crippen LogP contribution in [0.5, 0.6) is 0 Å². The molecule has 0 saturated carbocycles. The normalized spacial score (nSPS) is 18.5. The summed E-state index contributed by atoms with van der Waals surface area (Å²) in [7, 11) is 1.58. The second-order valence-corrected chi connectivity index (χ2v) is 5.55. The van der Waals surface area contributed by atoms with Crippen molar-refractivity contribution in [2.45, 2.75) is 25.7 Å². The number of piperidine rings is 1. The van der Waals surface area contributed by atoms with Gasteiger partial charge >= 0.3 is 0 Å². The molecular formula is C15H19N5O2. The number of aromatic nitrogens is 3. The molecule has 0 spiro atoms. The Labute approximate surface area is 128 Å². The van der Waals surface area contributed by atoms with E-state index in [-0.39, 0.29) is 17.7 Å². The van der Waals surface area contributed by atoms with Crippen molar-refractivity contribution in [2.75, 3.05) is 20.1 Å². The minimum Gasteiger partial charge on any atom is -0.355 e. The molecule has 1 aliphatic heterocycles. The van der Waals surface area contributed by atoms with Crippen LogP contribution in [-0.2, 0) is 4.79 Å². The van der Waals surface area contributed by atoms with Gasteiger partial charge in [-0.15, -0.1) is 0 Å². The first-order valence-corrected chi connectivity index (χ1v) is 7.42. The number of likely N-dealkylation sites (tertiary alicyclic amines) is 1. The van der Waals surface area contributed by atoms with Gasteiger partial charge in [0.15, 0.2) is 5.65 Å². The Balaban J connectivity index is 1.99. The monoisotopic (exact) mass is 301 g/mol. The van der Waals surface area contributed by atoms with E-state index in [4.69, 9.17) is 0 Å². The number of hydrogen-bond donors (Lipinski definition) is 1. The van der Waals surface area contributed by atoms with E-state index < -0.39 is 0 Å². The molecule has 3 rings (SSSR count). The number of nitrogens with zero attached hydrogens (tertiary/aromatic N) is 4. The van der Waals surface area contributed by atoms with Gasteiger partial charge < -0.3 is 10.2 Å². The largest absolute Gasteiger partial charge is 0.355 e. The van der Waals surface area contributed by atoms with Gasteiger partial charge in [-0.05, 0) is 18.9 Å². The van der Waals surface area contributed by atoms with Crippen LogP contribution in [0.3, 0.4) is 0 Å². The molecule has 7 nitrogen and oxygen atoms in total. The molecule has 0 bridgehead atoms. The van der Waals surface area contributed by atoms with Crippen molar-refractivity contribution in [3.8, 4) is 0 Å². The van der Waals surface area contributed by atoms with Gasteiger partial charge in [0.2, 0.25) is 5.91 Å². The Bertz CT molecular complexity index is 724. The first-order valence-electron chi connectivity index (χ1n) is 7.42. The lowest BCUT2D eigenvalue weighted by Crippen LogP contribution is -2.38. The van der Waals surface area contributed by atoms with E-state index >= 15 is 0 Å². The number of nitrogens with one attached hydrogen (secondary N) is 1. The average molecular weight is 301 g/mol. The summed E-state index contributed by atoms with van der Waals surface area (Å²) in [5.74, 6) is 0.107. The summed E-state index contributed by atoms with van der Waals surface area (Å²) in [6, 6.07) is 1.92. The Hall–Kier alpha value is -2.44. The lowest BCUT2D eigenvalue weighted by atomic mass is 9.94. The molecule has 2 aromatic heterocycles. The zero-order chi connectivity index (χ0) is 15.7. The Morgan fingerprint density at radius 3 is 2.95 bits per heavy atom. The fourth-order valence-electron chi connectivity index (χ4n) is 3.02. The summed E-state index contributed by atoms with van der Waals surface area (Å²) >= 11 is 0. The predicted octanol–water partition coefficient (Wildman–Crippen LogP) is 0.815. The third-order valence-corrected chi connectivity index (χ3v) is 4.19. The number of amides is 2. The number of carbonyl (C=O) groups is 2. The van der Waals surface area contributed by atoms with Gasteiger partial charge in [-0.2, -0.15) is 5.10 Å². The Kier molecular flexibility index (Phi) is 3.79. The zero-order valence-corrected chi connectivity index (χ0v) is 12.7. The lowest BCUT2D eigenvalue weighted by Gasteiger charge is -2.32. The molecule has 2 aromatic rings. The third-order valence-electron chi connectivity index (χ3n) is 4.19. The minimum atomic E-state index is -0.200. The highest BCUT2D eigenvalue weighted by molar-refractivity contribution is 5.99. The lowest BCUT2D eigenvalue weighted by molar-refractivity contribution is -0.130. The molecule has 0 radical (unpaired) electrons. The standard InChI is InChI=1S/C15H19N5O2/c1-10(21)19-7-3-4-11(9-19)13-5-6-17-14-12(15(22)16-2)8-18-20(13)14/h5-6,8,11H,3-4,7,9H2,1-2H3,(H,16,22)/t11-/m1/s1. The summed E-state index contributed by atoms with van der Waals surface area (Å²) in [5, 5.41) is 6.92. The van der Waals surface area contributed by atoms with Crippen molar-refractivity contribution in [3.05, 3.63) is 29.7 Å². The van der Waals surface area contributed by atoms with Crippen LogP contribution in [0.2, 0.25) is 0 Å². The smallest absolute Gasteiger partial charge is 0.256 e. The van der Waals surface area contributed by atoms with Gasteiger partial charge in [-0.25, -0.2) is 9.50 Å². The first-order chi connectivity index (χ1) is 10.6. The Morgan fingerprint density at radius 2 is 2.23 bits per heavy atom. The summed E-state index contributed by atoms with van der Waals surface area (Å²) in [4.78, 5) is 29.6.